The molecule has 0 N–H and O–H groups in total. The predicted molar refractivity (Wildman–Crippen MR) is 123 cm³/mol. The summed E-state index contributed by atoms with van der Waals surface area (Å²) in [6.45, 7) is 10.4. The van der Waals surface area contributed by atoms with Crippen LogP contribution in [0.25, 0.3) is 11.1 Å². The molecular formula is C26H35N. The second kappa shape index (κ2) is 12.8. The van der Waals surface area contributed by atoms with Crippen LogP contribution in [0.1, 0.15) is 46.6 Å². The number of hydrogen-bond donors (Lipinski definition) is 0. The van der Waals surface area contributed by atoms with E-state index in [-0.39, 0.29) is 0 Å². The van der Waals surface area contributed by atoms with E-state index in [2.05, 4.69) is 106 Å². The van der Waals surface area contributed by atoms with Crippen molar-refractivity contribution in [3.8, 4) is 11.1 Å². The molecule has 3 rings (SSSR count). The molecule has 0 aliphatic carbocycles. The standard InChI is InChI=1S/C21H21N.C3H8.C2H6/c1-3-17-9-11-18(12-10-17)19-13-15-21(16-14-19)22(2)20-7-5-4-6-8-20;1-3-2;1-2/h4-16H,3H2,1-2H3;3H2,1-2H3;1-2H3. The van der Waals surface area contributed by atoms with E-state index >= 15 is 0 Å². The minimum absolute atomic E-state index is 1.08. The molecule has 1 heteroatoms. The van der Waals surface area contributed by atoms with Gasteiger partial charge in [-0.3, -0.25) is 0 Å². The van der Waals surface area contributed by atoms with Gasteiger partial charge in [0.2, 0.25) is 0 Å². The molecule has 3 aromatic rings. The molecule has 1 nitrogen and oxygen atoms in total. The number of nitrogens with zero attached hydrogens (tertiary/aromatic N) is 1. The number of rotatable bonds is 4. The van der Waals surface area contributed by atoms with Crippen LogP contribution in [0.3, 0.4) is 0 Å². The number of benzene rings is 3. The Morgan fingerprint density at radius 3 is 1.44 bits per heavy atom. The summed E-state index contributed by atoms with van der Waals surface area (Å²) in [6.07, 6.45) is 2.33. The zero-order chi connectivity index (χ0) is 20.1. The highest BCUT2D eigenvalue weighted by molar-refractivity contribution is 5.69. The highest BCUT2D eigenvalue weighted by Crippen LogP contribution is 2.27. The molecule has 0 bridgehead atoms. The number of anilines is 2. The number of para-hydroxylation sites is 1. The Kier molecular flexibility index (Phi) is 10.6. The molecule has 0 aliphatic rings. The first-order valence-corrected chi connectivity index (χ1v) is 10.2. The smallest absolute Gasteiger partial charge is 0.0408 e. The van der Waals surface area contributed by atoms with Crippen LogP contribution in [0.15, 0.2) is 78.9 Å². The molecule has 144 valence electrons. The summed E-state index contributed by atoms with van der Waals surface area (Å²) in [5.74, 6) is 0. The molecule has 0 fully saturated rings. The lowest BCUT2D eigenvalue weighted by Gasteiger charge is -2.19. The molecule has 0 heterocycles. The zero-order valence-corrected chi connectivity index (χ0v) is 17.9. The molecule has 0 aliphatic heterocycles. The second-order valence-corrected chi connectivity index (χ2v) is 6.20. The van der Waals surface area contributed by atoms with E-state index in [9.17, 15) is 0 Å². The van der Waals surface area contributed by atoms with Gasteiger partial charge in [0.05, 0.1) is 0 Å². The minimum atomic E-state index is 1.08. The lowest BCUT2D eigenvalue weighted by Crippen LogP contribution is -2.08. The van der Waals surface area contributed by atoms with Crippen molar-refractivity contribution in [2.45, 2.75) is 47.5 Å². The molecule has 0 saturated carbocycles. The molecule has 0 spiro atoms. The van der Waals surface area contributed by atoms with Crippen molar-refractivity contribution in [3.63, 3.8) is 0 Å². The molecule has 27 heavy (non-hydrogen) atoms. The molecule has 3 aromatic carbocycles. The molecule has 0 atom stereocenters. The van der Waals surface area contributed by atoms with Gasteiger partial charge in [-0.2, -0.15) is 0 Å². The topological polar surface area (TPSA) is 3.24 Å². The van der Waals surface area contributed by atoms with E-state index in [1.807, 2.05) is 19.9 Å². The third kappa shape index (κ3) is 6.94. The van der Waals surface area contributed by atoms with Gasteiger partial charge in [0.1, 0.15) is 0 Å². The van der Waals surface area contributed by atoms with Crippen LogP contribution in [-0.4, -0.2) is 7.05 Å². The summed E-state index contributed by atoms with van der Waals surface area (Å²) in [4.78, 5) is 2.20. The maximum atomic E-state index is 2.21. The van der Waals surface area contributed by atoms with Crippen molar-refractivity contribution < 1.29 is 0 Å². The SMILES string of the molecule is CC.CCC.CCc1ccc(-c2ccc(N(C)c3ccccc3)cc2)cc1. The Labute approximate surface area is 166 Å². The first-order chi connectivity index (χ1) is 13.2. The third-order valence-corrected chi connectivity index (χ3v) is 4.09. The van der Waals surface area contributed by atoms with E-state index in [1.54, 1.807) is 0 Å². The summed E-state index contributed by atoms with van der Waals surface area (Å²) in [6, 6.07) is 28.0. The van der Waals surface area contributed by atoms with Gasteiger partial charge in [0, 0.05) is 18.4 Å². The maximum Gasteiger partial charge on any atom is 0.0408 e. The zero-order valence-electron chi connectivity index (χ0n) is 17.9. The lowest BCUT2D eigenvalue weighted by atomic mass is 10.0. The predicted octanol–water partition coefficient (Wildman–Crippen LogP) is 8.13. The summed E-state index contributed by atoms with van der Waals surface area (Å²) in [7, 11) is 2.10. The van der Waals surface area contributed by atoms with Crippen molar-refractivity contribution in [3.05, 3.63) is 84.4 Å². The molecular weight excluding hydrogens is 326 g/mol. The number of hydrogen-bond acceptors (Lipinski definition) is 1. The molecule has 0 saturated heterocycles. The summed E-state index contributed by atoms with van der Waals surface area (Å²) < 4.78 is 0. The Balaban J connectivity index is 0.000000665. The monoisotopic (exact) mass is 361 g/mol. The Morgan fingerprint density at radius 1 is 0.593 bits per heavy atom. The number of aryl methyl sites for hydroxylation is 1. The van der Waals surface area contributed by atoms with Gasteiger partial charge in [0.15, 0.2) is 0 Å². The molecule has 0 aromatic heterocycles. The maximum absolute atomic E-state index is 2.21. The normalized spacial score (nSPS) is 9.41. The quantitative estimate of drug-likeness (QED) is 0.453. The molecule has 0 amide bonds. The van der Waals surface area contributed by atoms with Crippen molar-refractivity contribution in [2.75, 3.05) is 11.9 Å². The average Bonchev–Trinajstić information content (AvgIpc) is 2.76. The van der Waals surface area contributed by atoms with Crippen molar-refractivity contribution in [2.24, 2.45) is 0 Å². The van der Waals surface area contributed by atoms with E-state index in [0.717, 1.165) is 6.42 Å². The van der Waals surface area contributed by atoms with Crippen LogP contribution in [0.5, 0.6) is 0 Å². The average molecular weight is 362 g/mol. The fourth-order valence-electron chi connectivity index (χ4n) is 2.61. The van der Waals surface area contributed by atoms with E-state index < -0.39 is 0 Å². The Hall–Kier alpha value is -2.54. The van der Waals surface area contributed by atoms with E-state index in [0.29, 0.717) is 0 Å². The summed E-state index contributed by atoms with van der Waals surface area (Å²) in [5, 5.41) is 0. The second-order valence-electron chi connectivity index (χ2n) is 6.20. The van der Waals surface area contributed by atoms with Gasteiger partial charge >= 0.3 is 0 Å². The third-order valence-electron chi connectivity index (χ3n) is 4.09. The van der Waals surface area contributed by atoms with Crippen molar-refractivity contribution in [1.82, 2.24) is 0 Å². The molecule has 0 unspecified atom stereocenters. The van der Waals surface area contributed by atoms with Gasteiger partial charge in [-0.05, 0) is 47.4 Å². The van der Waals surface area contributed by atoms with Gasteiger partial charge in [-0.25, -0.2) is 0 Å². The van der Waals surface area contributed by atoms with Crippen molar-refractivity contribution >= 4 is 11.4 Å². The fraction of sp³-hybridized carbons (Fsp3) is 0.308. The van der Waals surface area contributed by atoms with Crippen LogP contribution in [-0.2, 0) is 6.42 Å². The largest absolute Gasteiger partial charge is 0.345 e. The van der Waals surface area contributed by atoms with Crippen molar-refractivity contribution in [1.29, 1.82) is 0 Å². The first kappa shape index (κ1) is 22.5. The van der Waals surface area contributed by atoms with Crippen LogP contribution in [0, 0.1) is 0 Å². The van der Waals surface area contributed by atoms with Gasteiger partial charge in [0.25, 0.3) is 0 Å². The minimum Gasteiger partial charge on any atom is -0.345 e. The Morgan fingerprint density at radius 2 is 1.00 bits per heavy atom. The van der Waals surface area contributed by atoms with Crippen LogP contribution < -0.4 is 4.90 Å². The van der Waals surface area contributed by atoms with Crippen LogP contribution in [0.2, 0.25) is 0 Å². The van der Waals surface area contributed by atoms with Crippen LogP contribution in [0.4, 0.5) is 11.4 Å². The highest BCUT2D eigenvalue weighted by Gasteiger charge is 2.04. The molecule has 0 radical (unpaired) electrons. The van der Waals surface area contributed by atoms with Gasteiger partial charge in [-0.1, -0.05) is 95.6 Å². The first-order valence-electron chi connectivity index (χ1n) is 10.2. The van der Waals surface area contributed by atoms with Crippen LogP contribution >= 0.6 is 0 Å². The van der Waals surface area contributed by atoms with E-state index in [1.165, 1.54) is 34.5 Å². The van der Waals surface area contributed by atoms with E-state index in [4.69, 9.17) is 0 Å². The lowest BCUT2D eigenvalue weighted by molar-refractivity contribution is 1.09. The fourth-order valence-corrected chi connectivity index (χ4v) is 2.61. The van der Waals surface area contributed by atoms with Gasteiger partial charge < -0.3 is 4.90 Å². The summed E-state index contributed by atoms with van der Waals surface area (Å²) >= 11 is 0. The van der Waals surface area contributed by atoms with Gasteiger partial charge in [-0.15, -0.1) is 0 Å². The Bertz CT molecular complexity index is 727. The summed E-state index contributed by atoms with van der Waals surface area (Å²) in [5.41, 5.74) is 6.30. The highest BCUT2D eigenvalue weighted by atomic mass is 15.1.